The maximum Gasteiger partial charge on any atom is 0.323 e. The highest BCUT2D eigenvalue weighted by molar-refractivity contribution is 6.02. The number of hydrogen-bond acceptors (Lipinski definition) is 3. The van der Waals surface area contributed by atoms with Crippen LogP contribution in [0.1, 0.15) is 23.6 Å². The van der Waals surface area contributed by atoms with E-state index in [1.807, 2.05) is 30.3 Å². The summed E-state index contributed by atoms with van der Waals surface area (Å²) in [5.41, 5.74) is 4.88. The van der Waals surface area contributed by atoms with E-state index in [2.05, 4.69) is 17.6 Å². The van der Waals surface area contributed by atoms with E-state index in [1.54, 1.807) is 0 Å². The van der Waals surface area contributed by atoms with Gasteiger partial charge in [-0.2, -0.15) is 0 Å². The molecule has 2 amide bonds. The Hall–Kier alpha value is -2.69. The minimum absolute atomic E-state index is 0.266. The number of nitrogens with one attached hydrogen (secondary N) is 2. The van der Waals surface area contributed by atoms with Gasteiger partial charge in [0, 0.05) is 29.7 Å². The van der Waals surface area contributed by atoms with Crippen molar-refractivity contribution in [3.63, 3.8) is 0 Å². The van der Waals surface area contributed by atoms with Crippen molar-refractivity contribution < 1.29 is 14.3 Å². The topological polar surface area (TPSA) is 59.6 Å². The molecule has 2 heterocycles. The molecule has 0 spiro atoms. The average Bonchev–Trinajstić information content (AvgIpc) is 3.24. The Morgan fingerprint density at radius 3 is 2.67 bits per heavy atom. The second-order valence-corrected chi connectivity index (χ2v) is 6.04. The van der Waals surface area contributed by atoms with Crippen molar-refractivity contribution in [2.45, 2.75) is 26.2 Å². The number of benzene rings is 2. The van der Waals surface area contributed by atoms with E-state index in [4.69, 9.17) is 9.47 Å². The first-order valence-corrected chi connectivity index (χ1v) is 8.36. The van der Waals surface area contributed by atoms with Crippen LogP contribution in [0.3, 0.4) is 0 Å². The summed E-state index contributed by atoms with van der Waals surface area (Å²) in [4.78, 5) is 12.4. The maximum absolute atomic E-state index is 12.4. The van der Waals surface area contributed by atoms with Gasteiger partial charge >= 0.3 is 6.03 Å². The van der Waals surface area contributed by atoms with Gasteiger partial charge in [-0.15, -0.1) is 0 Å². The number of urea groups is 1. The number of carbonyl (C=O) groups excluding carboxylic acids is 1. The van der Waals surface area contributed by atoms with Gasteiger partial charge in [0.1, 0.15) is 11.5 Å². The summed E-state index contributed by atoms with van der Waals surface area (Å²) in [6.07, 6.45) is 2.61. The molecule has 2 aliphatic heterocycles. The molecule has 2 aromatic carbocycles. The van der Waals surface area contributed by atoms with Gasteiger partial charge in [0.05, 0.1) is 18.9 Å². The predicted octanol–water partition coefficient (Wildman–Crippen LogP) is 3.76. The van der Waals surface area contributed by atoms with Crippen molar-refractivity contribution in [1.29, 1.82) is 0 Å². The molecule has 2 aliphatic rings. The molecule has 5 nitrogen and oxygen atoms in total. The third-order valence-corrected chi connectivity index (χ3v) is 4.51. The van der Waals surface area contributed by atoms with Crippen molar-refractivity contribution in [2.75, 3.05) is 23.8 Å². The average molecular weight is 324 g/mol. The summed E-state index contributed by atoms with van der Waals surface area (Å²) in [7, 11) is 0. The van der Waals surface area contributed by atoms with Gasteiger partial charge in [-0.3, -0.25) is 0 Å². The molecule has 0 saturated carbocycles. The fraction of sp³-hybridized carbons (Fsp3) is 0.316. The van der Waals surface area contributed by atoms with Crippen LogP contribution in [0.2, 0.25) is 0 Å². The lowest BCUT2D eigenvalue weighted by Crippen LogP contribution is -2.20. The largest absolute Gasteiger partial charge is 0.493 e. The minimum atomic E-state index is -0.266. The molecule has 124 valence electrons. The first kappa shape index (κ1) is 14.9. The van der Waals surface area contributed by atoms with Crippen molar-refractivity contribution in [2.24, 2.45) is 0 Å². The van der Waals surface area contributed by atoms with Crippen molar-refractivity contribution in [1.82, 2.24) is 0 Å². The van der Waals surface area contributed by atoms with Gasteiger partial charge in [0.2, 0.25) is 0 Å². The molecule has 0 aliphatic carbocycles. The number of carbonyl (C=O) groups is 1. The van der Waals surface area contributed by atoms with E-state index < -0.39 is 0 Å². The molecule has 2 aromatic rings. The molecule has 0 aromatic heterocycles. The zero-order valence-corrected chi connectivity index (χ0v) is 13.6. The summed E-state index contributed by atoms with van der Waals surface area (Å²) < 4.78 is 11.4. The van der Waals surface area contributed by atoms with Gasteiger partial charge < -0.3 is 20.1 Å². The smallest absolute Gasteiger partial charge is 0.323 e. The minimum Gasteiger partial charge on any atom is -0.493 e. The Morgan fingerprint density at radius 1 is 1.08 bits per heavy atom. The molecule has 0 atom stereocenters. The number of anilines is 2. The first-order valence-electron chi connectivity index (χ1n) is 8.36. The molecule has 2 N–H and O–H groups in total. The Morgan fingerprint density at radius 2 is 1.88 bits per heavy atom. The quantitative estimate of drug-likeness (QED) is 0.903. The highest BCUT2D eigenvalue weighted by atomic mass is 16.5. The molecule has 0 unspecified atom stereocenters. The number of amides is 2. The van der Waals surface area contributed by atoms with E-state index in [1.165, 1.54) is 5.56 Å². The van der Waals surface area contributed by atoms with Gasteiger partial charge in [0.15, 0.2) is 0 Å². The molecule has 0 bridgehead atoms. The molecule has 5 heteroatoms. The van der Waals surface area contributed by atoms with Crippen LogP contribution in [0, 0.1) is 0 Å². The lowest BCUT2D eigenvalue weighted by molar-refractivity contribution is 0.262. The van der Waals surface area contributed by atoms with Crippen molar-refractivity contribution in [3.8, 4) is 11.5 Å². The lowest BCUT2D eigenvalue weighted by Gasteiger charge is -2.14. The number of aryl methyl sites for hydroxylation is 1. The SMILES string of the molecule is CCc1ccc(NC(=O)Nc2c3c(cc4c2OCC4)OCC3)cc1. The van der Waals surface area contributed by atoms with Crippen LogP contribution < -0.4 is 20.1 Å². The van der Waals surface area contributed by atoms with Crippen molar-refractivity contribution in [3.05, 3.63) is 47.0 Å². The molecule has 4 rings (SSSR count). The van der Waals surface area contributed by atoms with Gasteiger partial charge in [0.25, 0.3) is 0 Å². The summed E-state index contributed by atoms with van der Waals surface area (Å²) >= 11 is 0. The van der Waals surface area contributed by atoms with E-state index in [9.17, 15) is 4.79 Å². The Balaban J connectivity index is 1.55. The predicted molar refractivity (Wildman–Crippen MR) is 93.3 cm³/mol. The Kier molecular flexibility index (Phi) is 3.76. The molecule has 0 radical (unpaired) electrons. The third-order valence-electron chi connectivity index (χ3n) is 4.51. The number of fused-ring (bicyclic) bond motifs is 2. The van der Waals surface area contributed by atoms with Gasteiger partial charge in [-0.1, -0.05) is 19.1 Å². The standard InChI is InChI=1S/C19H20N2O3/c1-2-12-3-5-14(6-4-12)20-19(22)21-17-15-8-10-23-16(15)11-13-7-9-24-18(13)17/h3-6,11H,2,7-10H2,1H3,(H2,20,21,22). The number of ether oxygens (including phenoxy) is 2. The van der Waals surface area contributed by atoms with Crippen LogP contribution in [-0.4, -0.2) is 19.2 Å². The van der Waals surface area contributed by atoms with Crippen LogP contribution in [0.4, 0.5) is 16.2 Å². The second kappa shape index (κ2) is 6.07. The fourth-order valence-corrected chi connectivity index (χ4v) is 3.22. The van der Waals surface area contributed by atoms with Gasteiger partial charge in [-0.05, 0) is 30.2 Å². The summed E-state index contributed by atoms with van der Waals surface area (Å²) in [5.74, 6) is 1.65. The van der Waals surface area contributed by atoms with E-state index in [-0.39, 0.29) is 6.03 Å². The number of rotatable bonds is 3. The van der Waals surface area contributed by atoms with Gasteiger partial charge in [-0.25, -0.2) is 4.79 Å². The molecular weight excluding hydrogens is 304 g/mol. The molecule has 0 saturated heterocycles. The third kappa shape index (κ3) is 2.66. The Bertz CT molecular complexity index is 752. The van der Waals surface area contributed by atoms with Crippen LogP contribution >= 0.6 is 0 Å². The lowest BCUT2D eigenvalue weighted by atomic mass is 10.0. The van der Waals surface area contributed by atoms with E-state index in [0.717, 1.165) is 53.3 Å². The second-order valence-electron chi connectivity index (χ2n) is 6.04. The molecule has 24 heavy (non-hydrogen) atoms. The van der Waals surface area contributed by atoms with Crippen LogP contribution in [0.25, 0.3) is 0 Å². The van der Waals surface area contributed by atoms with E-state index >= 15 is 0 Å². The maximum atomic E-state index is 12.4. The van der Waals surface area contributed by atoms with Crippen LogP contribution in [0.15, 0.2) is 30.3 Å². The zero-order valence-electron chi connectivity index (χ0n) is 13.6. The summed E-state index contributed by atoms with van der Waals surface area (Å²) in [6, 6.07) is 9.64. The van der Waals surface area contributed by atoms with E-state index in [0.29, 0.717) is 13.2 Å². The molecule has 0 fully saturated rings. The highest BCUT2D eigenvalue weighted by Crippen LogP contribution is 2.44. The van der Waals surface area contributed by atoms with Crippen molar-refractivity contribution >= 4 is 17.4 Å². The summed E-state index contributed by atoms with van der Waals surface area (Å²) in [6.45, 7) is 3.40. The Labute approximate surface area is 141 Å². The summed E-state index contributed by atoms with van der Waals surface area (Å²) in [5, 5.41) is 5.84. The zero-order chi connectivity index (χ0) is 16.5. The normalized spacial score (nSPS) is 14.4. The van der Waals surface area contributed by atoms with Crippen LogP contribution in [0.5, 0.6) is 11.5 Å². The number of hydrogen-bond donors (Lipinski definition) is 2. The van der Waals surface area contributed by atoms with Crippen LogP contribution in [-0.2, 0) is 19.3 Å². The molecular formula is C19H20N2O3. The highest BCUT2D eigenvalue weighted by Gasteiger charge is 2.27. The first-order chi connectivity index (χ1) is 11.7. The fourth-order valence-electron chi connectivity index (χ4n) is 3.22. The monoisotopic (exact) mass is 324 g/mol.